The van der Waals surface area contributed by atoms with Gasteiger partial charge in [-0.15, -0.1) is 22.7 Å². The number of anilines is 1. The number of unbranched alkanes of at least 4 members (excludes halogenated alkanes) is 1. The summed E-state index contributed by atoms with van der Waals surface area (Å²) in [7, 11) is -1.33. The number of carbonyl (C=O) groups is 7. The molecule has 0 fully saturated rings. The van der Waals surface area contributed by atoms with Gasteiger partial charge in [0.15, 0.2) is 0 Å². The van der Waals surface area contributed by atoms with Crippen molar-refractivity contribution in [2.24, 2.45) is 28.9 Å². The highest BCUT2D eigenvalue weighted by Gasteiger charge is 2.34. The van der Waals surface area contributed by atoms with E-state index in [4.69, 9.17) is 40.3 Å². The number of nitrogens with two attached hydrogens (primary N) is 5. The quantitative estimate of drug-likeness (QED) is 0.0207. The SMILES string of the molecule is Cc1c(N)nc([C@H](CC(N)=O)NC[C@H](N)C(N)=O)nc1C(=O)N[C@@H](Cc1cnc[nH]1)C(=O)N[C@H](C)[C@@H](O)[C@H](C)C(=O)N[C@@H](CCS(C)=O)C(=O)NCCc1nc(-c2nc(C(=O)NCCCNCCCCNCCCN)cs2)c(Cl)s1. The van der Waals surface area contributed by atoms with Gasteiger partial charge in [-0.25, -0.2) is 24.9 Å². The molecule has 80 heavy (non-hydrogen) atoms. The number of thiazole rings is 2. The van der Waals surface area contributed by atoms with Gasteiger partial charge in [0, 0.05) is 84.5 Å². The van der Waals surface area contributed by atoms with E-state index in [-0.39, 0.29) is 79.0 Å². The summed E-state index contributed by atoms with van der Waals surface area (Å²) in [5, 5.41) is 37.3. The Balaban J connectivity index is 1.33. The summed E-state index contributed by atoms with van der Waals surface area (Å²) in [6, 6.07) is -5.82. The first-order chi connectivity index (χ1) is 38.1. The van der Waals surface area contributed by atoms with Gasteiger partial charge in [0.25, 0.3) is 11.8 Å². The monoisotopic (exact) mass is 1190 g/mol. The average molecular weight is 1190 g/mol. The van der Waals surface area contributed by atoms with Crippen LogP contribution in [-0.2, 0) is 47.6 Å². The maximum Gasteiger partial charge on any atom is 0.271 e. The van der Waals surface area contributed by atoms with Gasteiger partial charge >= 0.3 is 0 Å². The summed E-state index contributed by atoms with van der Waals surface area (Å²) in [5.74, 6) is -6.34. The van der Waals surface area contributed by atoms with Gasteiger partial charge in [0.2, 0.25) is 29.5 Å². The molecule has 0 aliphatic heterocycles. The summed E-state index contributed by atoms with van der Waals surface area (Å²) >= 11 is 8.99. The Labute approximate surface area is 479 Å². The molecule has 0 radical (unpaired) electrons. The average Bonchev–Trinajstić information content (AvgIpc) is 4.26. The van der Waals surface area contributed by atoms with E-state index in [2.05, 4.69) is 72.4 Å². The lowest BCUT2D eigenvalue weighted by atomic mass is 9.96. The fraction of sp³-hybridized carbons (Fsp3) is 0.583. The third-order valence-corrected chi connectivity index (χ3v) is 15.3. The fourth-order valence-electron chi connectivity index (χ4n) is 7.63. The number of hydrogen-bond acceptors (Lipinski definition) is 22. The van der Waals surface area contributed by atoms with E-state index in [1.165, 1.54) is 62.2 Å². The van der Waals surface area contributed by atoms with Gasteiger partial charge < -0.3 is 81.3 Å². The number of carbonyl (C=O) groups excluding carboxylic acids is 7. The van der Waals surface area contributed by atoms with E-state index in [0.29, 0.717) is 38.8 Å². The number of imidazole rings is 1. The lowest BCUT2D eigenvalue weighted by Crippen LogP contribution is -2.56. The van der Waals surface area contributed by atoms with Crippen molar-refractivity contribution in [1.29, 1.82) is 0 Å². The molecular weight excluding hydrogens is 1120 g/mol. The first-order valence-electron chi connectivity index (χ1n) is 26.0. The van der Waals surface area contributed by atoms with Crippen LogP contribution in [0.2, 0.25) is 4.34 Å². The molecule has 7 amide bonds. The number of nitrogens with one attached hydrogen (secondary N) is 9. The van der Waals surface area contributed by atoms with Crippen LogP contribution in [0.1, 0.15) is 101 Å². The molecule has 0 aliphatic carbocycles. The summed E-state index contributed by atoms with van der Waals surface area (Å²) in [6.45, 7) is 8.91. The standard InChI is InChI=1S/C48H76ClN19O9S3/c1-25-36(67-42(68-40(25)53)31(20-34(52)69)60-22-29(51)41(54)71)47(76)64-32(19-28-21-57-24-61-28)46(75)62-27(3)38(70)26(2)43(72)63-30(10-18-80(4)77)44(73)59-17-9-35-66-37(39(49)79-35)48-65-33(23-78-48)45(74)58-16-8-15-56-13-6-5-12-55-14-7-11-50/h21,23-24,26-27,29-32,38,55-56,60,70H,5-20,22,50-51H2,1-4H3,(H2,52,69)(H2,54,71)(H,57,61)(H,58,74)(H,59,73)(H,62,75)(H,63,72)(H,64,76)(H2,53,67,68)/t26-,27+,29-,30-,31-,32-,38-,80?/m0/s1. The van der Waals surface area contributed by atoms with Crippen molar-refractivity contribution in [3.05, 3.63) is 55.7 Å². The summed E-state index contributed by atoms with van der Waals surface area (Å²) < 4.78 is 12.5. The highest BCUT2D eigenvalue weighted by molar-refractivity contribution is 7.84. The minimum atomic E-state index is -1.53. The number of nitrogen functional groups attached to an aromatic ring is 1. The predicted molar refractivity (Wildman–Crippen MR) is 305 cm³/mol. The second-order valence-electron chi connectivity index (χ2n) is 18.9. The third kappa shape index (κ3) is 22.1. The normalized spacial score (nSPS) is 14.4. The van der Waals surface area contributed by atoms with Crippen LogP contribution in [0, 0.1) is 12.8 Å². The number of halogens is 1. The molecule has 0 spiro atoms. The molecule has 28 nitrogen and oxygen atoms in total. The van der Waals surface area contributed by atoms with Crippen molar-refractivity contribution < 1.29 is 42.9 Å². The summed E-state index contributed by atoms with van der Waals surface area (Å²) in [5.41, 5.74) is 29.1. The van der Waals surface area contributed by atoms with Crippen LogP contribution in [0.25, 0.3) is 10.7 Å². The second kappa shape index (κ2) is 34.2. The van der Waals surface area contributed by atoms with Crippen LogP contribution >= 0.6 is 34.3 Å². The molecule has 0 saturated carbocycles. The first-order valence-corrected chi connectivity index (χ1v) is 29.8. The van der Waals surface area contributed by atoms with Crippen molar-refractivity contribution in [2.45, 2.75) is 108 Å². The van der Waals surface area contributed by atoms with E-state index >= 15 is 0 Å². The van der Waals surface area contributed by atoms with Gasteiger partial charge in [-0.1, -0.05) is 18.5 Å². The molecule has 0 saturated heterocycles. The Hall–Kier alpha value is -6.16. The van der Waals surface area contributed by atoms with Crippen LogP contribution in [0.4, 0.5) is 5.82 Å². The van der Waals surface area contributed by atoms with Crippen molar-refractivity contribution in [1.82, 2.24) is 72.4 Å². The van der Waals surface area contributed by atoms with Gasteiger partial charge in [0.05, 0.1) is 41.5 Å². The maximum atomic E-state index is 14.0. The third-order valence-electron chi connectivity index (χ3n) is 12.4. The smallest absolute Gasteiger partial charge is 0.271 e. The molecule has 4 heterocycles. The Morgan fingerprint density at radius 3 is 2.20 bits per heavy atom. The lowest BCUT2D eigenvalue weighted by Gasteiger charge is -2.28. The number of hydrogen-bond donors (Lipinski definition) is 15. The Morgan fingerprint density at radius 1 is 0.850 bits per heavy atom. The minimum absolute atomic E-state index is 0.00575. The lowest BCUT2D eigenvalue weighted by molar-refractivity contribution is -0.134. The van der Waals surface area contributed by atoms with E-state index in [1.54, 1.807) is 5.38 Å². The minimum Gasteiger partial charge on any atom is -0.390 e. The molecule has 442 valence electrons. The maximum absolute atomic E-state index is 14.0. The number of aromatic amines is 1. The highest BCUT2D eigenvalue weighted by Crippen LogP contribution is 2.34. The zero-order valence-electron chi connectivity index (χ0n) is 45.2. The van der Waals surface area contributed by atoms with Crippen molar-refractivity contribution >= 4 is 92.2 Å². The molecule has 1 unspecified atom stereocenters. The van der Waals surface area contributed by atoms with Gasteiger partial charge in [0.1, 0.15) is 50.2 Å². The largest absolute Gasteiger partial charge is 0.390 e. The highest BCUT2D eigenvalue weighted by atomic mass is 35.5. The van der Waals surface area contributed by atoms with E-state index in [1.807, 2.05) is 0 Å². The molecule has 4 rings (SSSR count). The van der Waals surface area contributed by atoms with Crippen LogP contribution in [-0.4, -0.2) is 175 Å². The molecule has 20 N–H and O–H groups in total. The van der Waals surface area contributed by atoms with E-state index in [9.17, 15) is 42.9 Å². The van der Waals surface area contributed by atoms with Crippen LogP contribution < -0.4 is 71.2 Å². The second-order valence-corrected chi connectivity index (χ2v) is 23.0. The Morgan fingerprint density at radius 2 is 1.55 bits per heavy atom. The number of nitrogens with zero attached hydrogens (tertiary/aromatic N) is 5. The van der Waals surface area contributed by atoms with Crippen molar-refractivity contribution in [2.75, 3.05) is 70.1 Å². The first kappa shape index (κ1) is 66.4. The number of H-pyrrole nitrogens is 1. The molecule has 4 aromatic heterocycles. The van der Waals surface area contributed by atoms with Crippen LogP contribution in [0.5, 0.6) is 0 Å². The molecule has 32 heteroatoms. The molecule has 8 atom stereocenters. The molecule has 0 aromatic carbocycles. The summed E-state index contributed by atoms with van der Waals surface area (Å²) in [6.07, 6.45) is 6.30. The van der Waals surface area contributed by atoms with Gasteiger partial charge in [-0.2, -0.15) is 0 Å². The number of aromatic nitrogens is 6. The number of amides is 7. The van der Waals surface area contributed by atoms with Crippen LogP contribution in [0.3, 0.4) is 0 Å². The zero-order chi connectivity index (χ0) is 58.9. The zero-order valence-corrected chi connectivity index (χ0v) is 48.4. The number of rotatable bonds is 38. The topological polar surface area (TPSA) is 463 Å². The van der Waals surface area contributed by atoms with E-state index in [0.717, 1.165) is 51.9 Å². The van der Waals surface area contributed by atoms with Gasteiger partial charge in [-0.3, -0.25) is 37.8 Å². The predicted octanol–water partition coefficient (Wildman–Crippen LogP) is -2.47. The van der Waals surface area contributed by atoms with E-state index < -0.39 is 88.5 Å². The Bertz CT molecular complexity index is 2700. The number of aliphatic hydroxyl groups excluding tert-OH is 1. The number of primary amides is 2. The molecular formula is C48H76ClN19O9S3. The number of aliphatic hydroxyl groups is 1. The Kier molecular flexibility index (Phi) is 28.4. The molecule has 0 bridgehead atoms. The molecule has 4 aromatic rings. The fourth-order valence-corrected chi connectivity index (χ4v) is 10.3. The van der Waals surface area contributed by atoms with Crippen molar-refractivity contribution in [3.63, 3.8) is 0 Å². The van der Waals surface area contributed by atoms with Gasteiger partial charge in [-0.05, 0) is 78.7 Å². The molecule has 0 aliphatic rings. The van der Waals surface area contributed by atoms with Crippen molar-refractivity contribution in [3.8, 4) is 10.7 Å². The summed E-state index contributed by atoms with van der Waals surface area (Å²) in [4.78, 5) is 116. The van der Waals surface area contributed by atoms with Crippen LogP contribution in [0.15, 0.2) is 17.9 Å².